The lowest BCUT2D eigenvalue weighted by molar-refractivity contribution is -0.153. The van der Waals surface area contributed by atoms with Gasteiger partial charge in [-0.3, -0.25) is 38.4 Å². The van der Waals surface area contributed by atoms with E-state index in [1.54, 1.807) is 18.2 Å². The number of carbonyl (C=O) groups excluding carboxylic acids is 6. The van der Waals surface area contributed by atoms with Gasteiger partial charge in [0.1, 0.15) is 23.7 Å². The molecule has 2 rings (SSSR count). The summed E-state index contributed by atoms with van der Waals surface area (Å²) in [5, 5.41) is 32.2. The maximum absolute atomic E-state index is 13.3. The molecule has 0 fully saturated rings. The van der Waals surface area contributed by atoms with E-state index in [1.807, 2.05) is 0 Å². The van der Waals surface area contributed by atoms with Gasteiger partial charge in [-0.1, -0.05) is 57.6 Å². The van der Waals surface area contributed by atoms with Crippen molar-refractivity contribution in [3.8, 4) is 0 Å². The molecule has 18 heteroatoms. The fourth-order valence-electron chi connectivity index (χ4n) is 6.36. The van der Waals surface area contributed by atoms with Crippen LogP contribution in [0.1, 0.15) is 103 Å². The number of allylic oxidation sites excluding steroid dienone is 1. The van der Waals surface area contributed by atoms with E-state index in [1.165, 1.54) is 38.9 Å². The molecule has 0 spiro atoms. The monoisotopic (exact) mass is 832 g/mol. The zero-order valence-electron chi connectivity index (χ0n) is 34.4. The maximum atomic E-state index is 13.3. The number of aliphatic carboxylic acids is 2. The number of nitrogens with two attached hydrogens (primary N) is 1. The number of hydrogen-bond donors (Lipinski definition) is 8. The zero-order chi connectivity index (χ0) is 43.6. The van der Waals surface area contributed by atoms with Gasteiger partial charge in [-0.25, -0.2) is 0 Å². The molecule has 1 heterocycles. The van der Waals surface area contributed by atoms with Gasteiger partial charge in [0, 0.05) is 57.9 Å². The third-order valence-electron chi connectivity index (χ3n) is 9.89. The highest BCUT2D eigenvalue weighted by atomic mass is 16.5. The van der Waals surface area contributed by atoms with Gasteiger partial charge in [-0.05, 0) is 50.3 Å². The second kappa shape index (κ2) is 28.3. The van der Waals surface area contributed by atoms with Gasteiger partial charge >= 0.3 is 17.9 Å². The van der Waals surface area contributed by atoms with E-state index < -0.39 is 71.4 Å². The summed E-state index contributed by atoms with van der Waals surface area (Å²) in [6, 6.07) is -2.26. The van der Waals surface area contributed by atoms with Gasteiger partial charge in [0.15, 0.2) is 5.92 Å². The van der Waals surface area contributed by atoms with Crippen molar-refractivity contribution in [2.24, 2.45) is 17.6 Å². The third-order valence-corrected chi connectivity index (χ3v) is 9.89. The highest BCUT2D eigenvalue weighted by Crippen LogP contribution is 2.27. The van der Waals surface area contributed by atoms with E-state index in [-0.39, 0.29) is 63.9 Å². The van der Waals surface area contributed by atoms with Gasteiger partial charge in [0.25, 0.3) is 0 Å². The number of rotatable bonds is 32. The van der Waals surface area contributed by atoms with Crippen molar-refractivity contribution in [2.75, 3.05) is 39.8 Å². The van der Waals surface area contributed by atoms with Gasteiger partial charge in [0.2, 0.25) is 23.6 Å². The minimum absolute atomic E-state index is 0.0129. The van der Waals surface area contributed by atoms with Crippen molar-refractivity contribution in [3.05, 3.63) is 35.6 Å². The minimum atomic E-state index is -1.26. The summed E-state index contributed by atoms with van der Waals surface area (Å²) in [4.78, 5) is 99.1. The molecule has 1 aliphatic carbocycles. The topological polar surface area (TPSA) is 282 Å². The normalized spacial score (nSPS) is 17.2. The lowest BCUT2D eigenvalue weighted by Crippen LogP contribution is -2.53. The van der Waals surface area contributed by atoms with Crippen molar-refractivity contribution < 1.29 is 58.0 Å². The van der Waals surface area contributed by atoms with Crippen LogP contribution in [0, 0.1) is 11.8 Å². The fraction of sp³-hybridized carbons (Fsp3) is 0.659. The van der Waals surface area contributed by atoms with Crippen LogP contribution < -0.4 is 32.3 Å². The molecular formula is C41H64N6O12. The van der Waals surface area contributed by atoms with Gasteiger partial charge in [0.05, 0.1) is 19.1 Å². The number of ketones is 1. The Morgan fingerprint density at radius 2 is 1.49 bits per heavy atom. The molecule has 1 aliphatic heterocycles. The van der Waals surface area contributed by atoms with E-state index in [9.17, 15) is 43.5 Å². The molecule has 2 unspecified atom stereocenters. The van der Waals surface area contributed by atoms with Gasteiger partial charge in [-0.15, -0.1) is 0 Å². The number of carboxylic acid groups (broad SMARTS) is 2. The van der Waals surface area contributed by atoms with Crippen LogP contribution in [0.5, 0.6) is 0 Å². The quantitative estimate of drug-likeness (QED) is 0.0271. The number of carbonyl (C=O) groups is 8. The van der Waals surface area contributed by atoms with Gasteiger partial charge in [-0.2, -0.15) is 0 Å². The van der Waals surface area contributed by atoms with E-state index in [0.717, 1.165) is 19.3 Å². The van der Waals surface area contributed by atoms with Crippen LogP contribution in [0.25, 0.3) is 0 Å². The smallest absolute Gasteiger partial charge is 0.323 e. The molecule has 2 aliphatic rings. The number of ether oxygens (including phenoxy) is 2. The number of esters is 1. The molecule has 59 heavy (non-hydrogen) atoms. The Hall–Kier alpha value is -5.10. The largest absolute Gasteiger partial charge is 0.497 e. The van der Waals surface area contributed by atoms with E-state index in [4.69, 9.17) is 20.3 Å². The molecule has 0 radical (unpaired) electrons. The molecule has 0 aromatic heterocycles. The summed E-state index contributed by atoms with van der Waals surface area (Å²) < 4.78 is 10.6. The van der Waals surface area contributed by atoms with Crippen LogP contribution in [0.2, 0.25) is 0 Å². The number of hydrogen-bond acceptors (Lipinski definition) is 12. The lowest BCUT2D eigenvalue weighted by atomic mass is 9.94. The molecule has 0 saturated heterocycles. The summed E-state index contributed by atoms with van der Waals surface area (Å²) in [7, 11) is 1.47. The summed E-state index contributed by atoms with van der Waals surface area (Å²) in [6.45, 7) is 3.06. The molecule has 0 aromatic carbocycles. The van der Waals surface area contributed by atoms with Crippen molar-refractivity contribution in [2.45, 2.75) is 121 Å². The molecule has 0 aromatic rings. The number of carboxylic acids is 2. The Balaban J connectivity index is 1.91. The molecule has 9 N–H and O–H groups in total. The third kappa shape index (κ3) is 20.4. The molecule has 18 nitrogen and oxygen atoms in total. The summed E-state index contributed by atoms with van der Waals surface area (Å²) in [5.41, 5.74) is 6.72. The zero-order valence-corrected chi connectivity index (χ0v) is 34.4. The molecule has 0 saturated carbocycles. The highest BCUT2D eigenvalue weighted by Gasteiger charge is 2.35. The van der Waals surface area contributed by atoms with Crippen LogP contribution in [-0.4, -0.2) is 116 Å². The molecule has 4 amide bonds. The average Bonchev–Trinajstić information content (AvgIpc) is 3.19. The lowest BCUT2D eigenvalue weighted by Gasteiger charge is -2.27. The molecule has 330 valence electrons. The minimum Gasteiger partial charge on any atom is -0.497 e. The van der Waals surface area contributed by atoms with Crippen LogP contribution in [0.15, 0.2) is 35.6 Å². The SMILES string of the molecule is CCCCCCCCCC(=O)NCCNCC[C@H](N)C(=O)N[C@H](CCNC(=O)C1C=C2C=CC(OC)=CC2OC1=O)C(=O)NCC[C@@H](CC(=O)CCCC(=O)O)C(=O)O. The number of Topliss-reactive ketones (excluding diaryl/α,β-unsaturated/α-hetero) is 1. The van der Waals surface area contributed by atoms with Crippen LogP contribution >= 0.6 is 0 Å². The van der Waals surface area contributed by atoms with Crippen LogP contribution in [-0.2, 0) is 47.8 Å². The van der Waals surface area contributed by atoms with E-state index >= 15 is 0 Å². The second-order valence-corrected chi connectivity index (χ2v) is 14.7. The first-order valence-corrected chi connectivity index (χ1v) is 20.7. The number of methoxy groups -OCH3 is 1. The molecule has 0 bridgehead atoms. The predicted octanol–water partition coefficient (Wildman–Crippen LogP) is 1.53. The maximum Gasteiger partial charge on any atom is 0.323 e. The average molecular weight is 833 g/mol. The van der Waals surface area contributed by atoms with E-state index in [2.05, 4.69) is 33.5 Å². The Kier molecular flexibility index (Phi) is 24.0. The predicted molar refractivity (Wildman–Crippen MR) is 216 cm³/mol. The Morgan fingerprint density at radius 3 is 2.19 bits per heavy atom. The van der Waals surface area contributed by atoms with Gasteiger partial charge < -0.3 is 52.0 Å². The van der Waals surface area contributed by atoms with Crippen molar-refractivity contribution in [1.29, 1.82) is 0 Å². The van der Waals surface area contributed by atoms with Crippen molar-refractivity contribution in [3.63, 3.8) is 0 Å². The summed E-state index contributed by atoms with van der Waals surface area (Å²) in [5.74, 6) is -7.47. The summed E-state index contributed by atoms with van der Waals surface area (Å²) >= 11 is 0. The first kappa shape index (κ1) is 50.0. The Labute approximate surface area is 345 Å². The number of amides is 4. The number of fused-ring (bicyclic) bond motifs is 1. The molecule has 5 atom stereocenters. The Bertz CT molecular complexity index is 1530. The first-order chi connectivity index (χ1) is 28.2. The summed E-state index contributed by atoms with van der Waals surface area (Å²) in [6.07, 6.45) is 13.4. The fourth-order valence-corrected chi connectivity index (χ4v) is 6.36. The van der Waals surface area contributed by atoms with Crippen molar-refractivity contribution >= 4 is 47.3 Å². The van der Waals surface area contributed by atoms with Crippen molar-refractivity contribution in [1.82, 2.24) is 26.6 Å². The molecular weight excluding hydrogens is 768 g/mol. The number of unbranched alkanes of at least 4 members (excludes halogenated alkanes) is 6. The van der Waals surface area contributed by atoms with E-state index in [0.29, 0.717) is 37.4 Å². The Morgan fingerprint density at radius 1 is 0.780 bits per heavy atom. The van der Waals surface area contributed by atoms with Crippen LogP contribution in [0.3, 0.4) is 0 Å². The number of nitrogens with one attached hydrogen (secondary N) is 5. The highest BCUT2D eigenvalue weighted by molar-refractivity contribution is 6.01. The second-order valence-electron chi connectivity index (χ2n) is 14.7. The standard InChI is InChI=1S/C41H64N6O12/c1-3-4-5-6-7-8-9-12-35(49)44-23-22-43-19-17-32(42)38(53)47-33(39(54)46-20-16-28(40(55)56)24-29(48)11-10-13-36(50)51)18-21-45-37(52)31-25-27-14-15-30(58-2)26-34(27)59-41(31)57/h14-15,25-26,28,31-34,43H,3-13,16-24,42H2,1-2H3,(H,44,49)(H,45,52)(H,46,54)(H,47,53)(H,50,51)(H,55,56)/t28-,31?,32-,33+,34?/m0/s1. The first-order valence-electron chi connectivity index (χ1n) is 20.7. The van der Waals surface area contributed by atoms with Crippen LogP contribution in [0.4, 0.5) is 0 Å².